The van der Waals surface area contributed by atoms with Crippen LogP contribution in [0.2, 0.25) is 0 Å². The summed E-state index contributed by atoms with van der Waals surface area (Å²) in [5.41, 5.74) is 1.07. The monoisotopic (exact) mass is 279 g/mol. The number of hydrogen-bond acceptors (Lipinski definition) is 4. The molecule has 1 aliphatic rings. The number of methoxy groups -OCH3 is 1. The minimum atomic E-state index is -0.726. The van der Waals surface area contributed by atoms with Crippen molar-refractivity contribution in [3.05, 3.63) is 23.8 Å². The van der Waals surface area contributed by atoms with E-state index >= 15 is 0 Å². The van der Waals surface area contributed by atoms with Gasteiger partial charge in [-0.05, 0) is 43.5 Å². The Hall–Kier alpha value is -1.75. The molecule has 1 saturated heterocycles. The van der Waals surface area contributed by atoms with E-state index in [1.54, 1.807) is 6.07 Å². The summed E-state index contributed by atoms with van der Waals surface area (Å²) in [5.74, 6) is 0.106. The van der Waals surface area contributed by atoms with Crippen molar-refractivity contribution in [2.75, 3.05) is 20.2 Å². The summed E-state index contributed by atoms with van der Waals surface area (Å²) >= 11 is 0. The maximum atomic E-state index is 10.8. The van der Waals surface area contributed by atoms with E-state index in [4.69, 9.17) is 9.84 Å². The number of benzene rings is 1. The number of carbonyl (C=O) groups is 1. The minimum absolute atomic E-state index is 0.133. The highest BCUT2D eigenvalue weighted by molar-refractivity contribution is 5.67. The minimum Gasteiger partial charge on any atom is -0.504 e. The van der Waals surface area contributed by atoms with Crippen molar-refractivity contribution in [2.24, 2.45) is 5.92 Å². The number of aliphatic carboxylic acids is 1. The Kier molecular flexibility index (Phi) is 4.49. The number of phenols is 1. The molecular weight excluding hydrogens is 258 g/mol. The smallest absolute Gasteiger partial charge is 0.303 e. The molecular formula is C15H21NO4. The molecule has 20 heavy (non-hydrogen) atoms. The van der Waals surface area contributed by atoms with E-state index in [2.05, 4.69) is 11.8 Å². The number of phenolic OH excluding ortho intramolecular Hbond substituents is 1. The lowest BCUT2D eigenvalue weighted by molar-refractivity contribution is -0.138. The van der Waals surface area contributed by atoms with Gasteiger partial charge in [-0.3, -0.25) is 9.69 Å². The van der Waals surface area contributed by atoms with Crippen LogP contribution in [0, 0.1) is 5.92 Å². The first kappa shape index (κ1) is 14.7. The summed E-state index contributed by atoms with van der Waals surface area (Å²) in [6.45, 7) is 3.80. The van der Waals surface area contributed by atoms with Gasteiger partial charge in [0.15, 0.2) is 11.5 Å². The predicted octanol–water partition coefficient (Wildman–Crippen LogP) is 2.26. The number of nitrogens with zero attached hydrogens (tertiary/aromatic N) is 1. The molecule has 110 valence electrons. The zero-order valence-corrected chi connectivity index (χ0v) is 11.9. The maximum absolute atomic E-state index is 10.8. The molecule has 2 rings (SSSR count). The molecule has 0 saturated carbocycles. The van der Waals surface area contributed by atoms with Crippen molar-refractivity contribution in [1.29, 1.82) is 0 Å². The molecule has 1 heterocycles. The van der Waals surface area contributed by atoms with Gasteiger partial charge in [-0.1, -0.05) is 6.07 Å². The zero-order valence-electron chi connectivity index (χ0n) is 11.9. The molecule has 1 fully saturated rings. The van der Waals surface area contributed by atoms with E-state index in [1.807, 2.05) is 12.1 Å². The molecule has 0 radical (unpaired) electrons. The molecule has 0 aromatic heterocycles. The first-order valence-electron chi connectivity index (χ1n) is 6.84. The van der Waals surface area contributed by atoms with Crippen LogP contribution in [0.15, 0.2) is 18.2 Å². The van der Waals surface area contributed by atoms with E-state index in [0.717, 1.165) is 25.1 Å². The molecule has 5 nitrogen and oxygen atoms in total. The number of rotatable bonds is 5. The van der Waals surface area contributed by atoms with Gasteiger partial charge < -0.3 is 14.9 Å². The maximum Gasteiger partial charge on any atom is 0.303 e. The predicted molar refractivity (Wildman–Crippen MR) is 75.0 cm³/mol. The van der Waals surface area contributed by atoms with Crippen LogP contribution in [0.3, 0.4) is 0 Å². The highest BCUT2D eigenvalue weighted by atomic mass is 16.5. The lowest BCUT2D eigenvalue weighted by Gasteiger charge is -2.25. The lowest BCUT2D eigenvalue weighted by atomic mass is 10.0. The average Bonchev–Trinajstić information content (AvgIpc) is 2.86. The SMILES string of the molecule is COc1cc(C(C)N2CCC(CC(=O)O)C2)ccc1O. The molecule has 2 N–H and O–H groups in total. The fourth-order valence-electron chi connectivity index (χ4n) is 2.79. The number of carboxylic acid groups (broad SMARTS) is 1. The average molecular weight is 279 g/mol. The van der Waals surface area contributed by atoms with Crippen molar-refractivity contribution in [1.82, 2.24) is 4.90 Å². The summed E-state index contributed by atoms with van der Waals surface area (Å²) < 4.78 is 5.13. The van der Waals surface area contributed by atoms with Crippen LogP contribution in [-0.2, 0) is 4.79 Å². The first-order chi connectivity index (χ1) is 9.51. The lowest BCUT2D eigenvalue weighted by Crippen LogP contribution is -2.25. The van der Waals surface area contributed by atoms with Crippen molar-refractivity contribution in [2.45, 2.75) is 25.8 Å². The molecule has 0 bridgehead atoms. The van der Waals surface area contributed by atoms with Crippen LogP contribution in [0.25, 0.3) is 0 Å². The Morgan fingerprint density at radius 1 is 1.55 bits per heavy atom. The summed E-state index contributed by atoms with van der Waals surface area (Å²) in [7, 11) is 1.53. The number of hydrogen-bond donors (Lipinski definition) is 2. The fraction of sp³-hybridized carbons (Fsp3) is 0.533. The molecule has 0 amide bonds. The van der Waals surface area contributed by atoms with Crippen LogP contribution < -0.4 is 4.74 Å². The van der Waals surface area contributed by atoms with Gasteiger partial charge in [0.05, 0.1) is 7.11 Å². The van der Waals surface area contributed by atoms with E-state index in [0.29, 0.717) is 5.75 Å². The fourth-order valence-corrected chi connectivity index (χ4v) is 2.79. The van der Waals surface area contributed by atoms with Crippen molar-refractivity contribution in [3.63, 3.8) is 0 Å². The molecule has 2 unspecified atom stereocenters. The number of likely N-dealkylation sites (tertiary alicyclic amines) is 1. The quantitative estimate of drug-likeness (QED) is 0.865. The Bertz CT molecular complexity index is 489. The van der Waals surface area contributed by atoms with Crippen LogP contribution in [0.1, 0.15) is 31.4 Å². The topological polar surface area (TPSA) is 70.0 Å². The Morgan fingerprint density at radius 3 is 2.95 bits per heavy atom. The largest absolute Gasteiger partial charge is 0.504 e. The molecule has 1 aliphatic heterocycles. The van der Waals surface area contributed by atoms with E-state index in [1.165, 1.54) is 7.11 Å². The van der Waals surface area contributed by atoms with E-state index in [-0.39, 0.29) is 24.1 Å². The summed E-state index contributed by atoms with van der Waals surface area (Å²) in [6.07, 6.45) is 1.16. The van der Waals surface area contributed by atoms with Gasteiger partial charge in [0, 0.05) is 19.0 Å². The first-order valence-corrected chi connectivity index (χ1v) is 6.84. The van der Waals surface area contributed by atoms with E-state index in [9.17, 15) is 9.90 Å². The van der Waals surface area contributed by atoms with Gasteiger partial charge in [0.1, 0.15) is 0 Å². The van der Waals surface area contributed by atoms with Gasteiger partial charge >= 0.3 is 5.97 Å². The van der Waals surface area contributed by atoms with Crippen molar-refractivity contribution >= 4 is 5.97 Å². The van der Waals surface area contributed by atoms with Crippen LogP contribution in [-0.4, -0.2) is 41.3 Å². The summed E-state index contributed by atoms with van der Waals surface area (Å²) in [4.78, 5) is 13.0. The van der Waals surface area contributed by atoms with Crippen molar-refractivity contribution < 1.29 is 19.7 Å². The van der Waals surface area contributed by atoms with Gasteiger partial charge in [-0.15, -0.1) is 0 Å². The second-order valence-corrected chi connectivity index (χ2v) is 5.35. The Morgan fingerprint density at radius 2 is 2.30 bits per heavy atom. The molecule has 1 aromatic rings. The third-order valence-electron chi connectivity index (χ3n) is 4.01. The standard InChI is InChI=1S/C15H21NO4/c1-10(12-3-4-13(17)14(8-12)20-2)16-6-5-11(9-16)7-15(18)19/h3-4,8,10-11,17H,5-7,9H2,1-2H3,(H,18,19). The Labute approximate surface area is 118 Å². The molecule has 1 aromatic carbocycles. The third kappa shape index (κ3) is 3.22. The van der Waals surface area contributed by atoms with E-state index < -0.39 is 5.97 Å². The summed E-state index contributed by atoms with van der Waals surface area (Å²) in [6, 6.07) is 5.54. The highest BCUT2D eigenvalue weighted by Crippen LogP contribution is 2.33. The number of carboxylic acids is 1. The molecule has 0 spiro atoms. The third-order valence-corrected chi connectivity index (χ3v) is 4.01. The normalized spacial score (nSPS) is 20.8. The molecule has 5 heteroatoms. The second kappa shape index (κ2) is 6.13. The van der Waals surface area contributed by atoms with Gasteiger partial charge in [0.2, 0.25) is 0 Å². The zero-order chi connectivity index (χ0) is 14.7. The number of aromatic hydroxyl groups is 1. The van der Waals surface area contributed by atoms with Crippen LogP contribution >= 0.6 is 0 Å². The van der Waals surface area contributed by atoms with Crippen LogP contribution in [0.4, 0.5) is 0 Å². The molecule has 2 atom stereocenters. The Balaban J connectivity index is 2.05. The van der Waals surface area contributed by atoms with Gasteiger partial charge in [0.25, 0.3) is 0 Å². The second-order valence-electron chi connectivity index (χ2n) is 5.35. The highest BCUT2D eigenvalue weighted by Gasteiger charge is 2.28. The van der Waals surface area contributed by atoms with Gasteiger partial charge in [-0.25, -0.2) is 0 Å². The van der Waals surface area contributed by atoms with Crippen molar-refractivity contribution in [3.8, 4) is 11.5 Å². The van der Waals surface area contributed by atoms with Gasteiger partial charge in [-0.2, -0.15) is 0 Å². The van der Waals surface area contributed by atoms with Crippen LogP contribution in [0.5, 0.6) is 11.5 Å². The number of ether oxygens (including phenoxy) is 1. The summed E-state index contributed by atoms with van der Waals surface area (Å²) in [5, 5.41) is 18.5. The molecule has 0 aliphatic carbocycles.